The van der Waals surface area contributed by atoms with Gasteiger partial charge in [0.25, 0.3) is 0 Å². The van der Waals surface area contributed by atoms with Crippen molar-refractivity contribution in [2.24, 2.45) is 5.73 Å². The smallest absolute Gasteiger partial charge is 0.475 e. The summed E-state index contributed by atoms with van der Waals surface area (Å²) in [5.41, 5.74) is 6.79. The molecule has 1 atom stereocenters. The van der Waals surface area contributed by atoms with E-state index in [4.69, 9.17) is 20.4 Å². The van der Waals surface area contributed by atoms with Crippen molar-refractivity contribution in [2.75, 3.05) is 20.6 Å². The number of hydrogen-bond donors (Lipinski definition) is 2. The van der Waals surface area contributed by atoms with Crippen LogP contribution in [-0.2, 0) is 20.9 Å². The van der Waals surface area contributed by atoms with Gasteiger partial charge in [-0.25, -0.2) is 4.79 Å². The lowest BCUT2D eigenvalue weighted by Crippen LogP contribution is -2.35. The van der Waals surface area contributed by atoms with Gasteiger partial charge in [0, 0.05) is 12.6 Å². The fourth-order valence-corrected chi connectivity index (χ4v) is 1.54. The lowest BCUT2D eigenvalue weighted by Gasteiger charge is -2.16. The van der Waals surface area contributed by atoms with Gasteiger partial charge in [-0.05, 0) is 19.7 Å². The number of likely N-dealkylation sites (N-methyl/N-ethyl adjacent to an activating group) is 1. The topological polar surface area (TPSA) is 92.9 Å². The highest BCUT2D eigenvalue weighted by molar-refractivity contribution is 5.73. The van der Waals surface area contributed by atoms with Crippen LogP contribution in [0.3, 0.4) is 0 Å². The predicted octanol–water partition coefficient (Wildman–Crippen LogP) is 1.64. The second-order valence-corrected chi connectivity index (χ2v) is 5.18. The van der Waals surface area contributed by atoms with Crippen molar-refractivity contribution in [3.63, 3.8) is 0 Å². The second kappa shape index (κ2) is 10.6. The van der Waals surface area contributed by atoms with E-state index in [9.17, 15) is 18.0 Å². The monoisotopic (exact) mass is 350 g/mol. The molecule has 0 amide bonds. The molecule has 0 aliphatic carbocycles. The van der Waals surface area contributed by atoms with Crippen LogP contribution in [0.25, 0.3) is 0 Å². The van der Waals surface area contributed by atoms with Crippen molar-refractivity contribution in [3.8, 4) is 0 Å². The molecule has 1 unspecified atom stereocenters. The van der Waals surface area contributed by atoms with E-state index in [1.165, 1.54) is 0 Å². The zero-order valence-corrected chi connectivity index (χ0v) is 13.4. The maximum Gasteiger partial charge on any atom is 0.490 e. The molecular formula is C15H21F3N2O4. The molecule has 3 N–H and O–H groups in total. The lowest BCUT2D eigenvalue weighted by atomic mass is 10.2. The van der Waals surface area contributed by atoms with Crippen molar-refractivity contribution in [2.45, 2.75) is 25.2 Å². The van der Waals surface area contributed by atoms with E-state index in [0.717, 1.165) is 5.56 Å². The van der Waals surface area contributed by atoms with Crippen LogP contribution >= 0.6 is 0 Å². The molecule has 0 bridgehead atoms. The summed E-state index contributed by atoms with van der Waals surface area (Å²) in [5, 5.41) is 7.12. The average Bonchev–Trinajstić information content (AvgIpc) is 2.45. The van der Waals surface area contributed by atoms with Gasteiger partial charge in [0.05, 0.1) is 6.42 Å². The van der Waals surface area contributed by atoms with Crippen LogP contribution < -0.4 is 5.73 Å². The van der Waals surface area contributed by atoms with Gasteiger partial charge >= 0.3 is 18.1 Å². The molecule has 0 heterocycles. The maximum atomic E-state index is 11.5. The molecule has 0 aliphatic rings. The Hall–Kier alpha value is -2.13. The van der Waals surface area contributed by atoms with Gasteiger partial charge in [-0.3, -0.25) is 4.79 Å². The van der Waals surface area contributed by atoms with Gasteiger partial charge in [0.1, 0.15) is 6.61 Å². The normalized spacial score (nSPS) is 12.1. The molecule has 0 saturated heterocycles. The summed E-state index contributed by atoms with van der Waals surface area (Å²) in [6.45, 7) is 0.995. The van der Waals surface area contributed by atoms with Crippen LogP contribution in [0.2, 0.25) is 0 Å². The second-order valence-electron chi connectivity index (χ2n) is 5.18. The zero-order valence-electron chi connectivity index (χ0n) is 13.4. The molecule has 6 nitrogen and oxygen atoms in total. The summed E-state index contributed by atoms with van der Waals surface area (Å²) in [6, 6.07) is 9.44. The van der Waals surface area contributed by atoms with E-state index < -0.39 is 12.1 Å². The summed E-state index contributed by atoms with van der Waals surface area (Å²) in [4.78, 5) is 22.3. The number of alkyl halides is 3. The highest BCUT2D eigenvalue weighted by Crippen LogP contribution is 2.13. The number of aliphatic carboxylic acids is 1. The Balaban J connectivity index is 0.000000640. The van der Waals surface area contributed by atoms with E-state index >= 15 is 0 Å². The van der Waals surface area contributed by atoms with Crippen LogP contribution in [0.4, 0.5) is 13.2 Å². The fourth-order valence-electron chi connectivity index (χ4n) is 1.54. The number of carboxylic acids is 1. The van der Waals surface area contributed by atoms with Crippen LogP contribution in [0.5, 0.6) is 0 Å². The first-order valence-electron chi connectivity index (χ1n) is 6.92. The van der Waals surface area contributed by atoms with Crippen molar-refractivity contribution < 1.29 is 32.6 Å². The molecule has 0 aliphatic heterocycles. The van der Waals surface area contributed by atoms with E-state index in [1.54, 1.807) is 0 Å². The van der Waals surface area contributed by atoms with E-state index in [-0.39, 0.29) is 18.4 Å². The number of benzene rings is 1. The van der Waals surface area contributed by atoms with Crippen molar-refractivity contribution in [1.82, 2.24) is 4.90 Å². The highest BCUT2D eigenvalue weighted by Gasteiger charge is 2.38. The molecule has 9 heteroatoms. The molecule has 0 radical (unpaired) electrons. The molecular weight excluding hydrogens is 329 g/mol. The number of halogens is 3. The van der Waals surface area contributed by atoms with Crippen LogP contribution in [0, 0.1) is 0 Å². The summed E-state index contributed by atoms with van der Waals surface area (Å²) < 4.78 is 36.9. The van der Waals surface area contributed by atoms with Crippen molar-refractivity contribution >= 4 is 11.9 Å². The predicted molar refractivity (Wildman–Crippen MR) is 81.1 cm³/mol. The Labute approximate surface area is 138 Å². The number of nitrogens with two attached hydrogens (primary N) is 1. The standard InChI is InChI=1S/C13H20N2O2.C2HF3O2/c1-15(2)9-12(14)8-13(16)17-10-11-6-4-3-5-7-11;3-2(4,5)1(6)7/h3-7,12H,8-10,14H2,1-2H3;(H,6,7). The summed E-state index contributed by atoms with van der Waals surface area (Å²) in [5.74, 6) is -3.00. The van der Waals surface area contributed by atoms with E-state index in [0.29, 0.717) is 13.2 Å². The quantitative estimate of drug-likeness (QED) is 0.758. The van der Waals surface area contributed by atoms with Crippen LogP contribution in [0.1, 0.15) is 12.0 Å². The summed E-state index contributed by atoms with van der Waals surface area (Å²) in [6.07, 6.45) is -4.83. The van der Waals surface area contributed by atoms with E-state index in [1.807, 2.05) is 49.3 Å². The molecule has 0 spiro atoms. The van der Waals surface area contributed by atoms with Crippen molar-refractivity contribution in [3.05, 3.63) is 35.9 Å². The summed E-state index contributed by atoms with van der Waals surface area (Å²) in [7, 11) is 3.85. The molecule has 0 saturated carbocycles. The number of carboxylic acid groups (broad SMARTS) is 1. The number of ether oxygens (including phenoxy) is 1. The molecule has 1 rings (SSSR count). The van der Waals surface area contributed by atoms with Gasteiger partial charge in [0.15, 0.2) is 0 Å². The largest absolute Gasteiger partial charge is 0.490 e. The minimum atomic E-state index is -5.08. The average molecular weight is 350 g/mol. The first-order chi connectivity index (χ1) is 11.0. The van der Waals surface area contributed by atoms with Gasteiger partial charge in [-0.2, -0.15) is 13.2 Å². The number of nitrogens with zero attached hydrogens (tertiary/aromatic N) is 1. The molecule has 24 heavy (non-hydrogen) atoms. The Morgan fingerprint density at radius 1 is 1.25 bits per heavy atom. The number of carbonyl (C=O) groups excluding carboxylic acids is 1. The van der Waals surface area contributed by atoms with Gasteiger partial charge < -0.3 is 20.5 Å². The number of carbonyl (C=O) groups is 2. The molecule has 0 fully saturated rings. The van der Waals surface area contributed by atoms with Gasteiger partial charge in [0.2, 0.25) is 0 Å². The van der Waals surface area contributed by atoms with E-state index in [2.05, 4.69) is 0 Å². The first kappa shape index (κ1) is 21.9. The van der Waals surface area contributed by atoms with Gasteiger partial charge in [-0.15, -0.1) is 0 Å². The highest BCUT2D eigenvalue weighted by atomic mass is 19.4. The van der Waals surface area contributed by atoms with Gasteiger partial charge in [-0.1, -0.05) is 30.3 Å². The third-order valence-corrected chi connectivity index (χ3v) is 2.51. The molecule has 0 aromatic heterocycles. The maximum absolute atomic E-state index is 11.5. The van der Waals surface area contributed by atoms with Crippen molar-refractivity contribution in [1.29, 1.82) is 0 Å². The molecule has 136 valence electrons. The van der Waals surface area contributed by atoms with Crippen LogP contribution in [0.15, 0.2) is 30.3 Å². The molecule has 1 aromatic carbocycles. The third kappa shape index (κ3) is 11.4. The number of hydrogen-bond acceptors (Lipinski definition) is 5. The fraction of sp³-hybridized carbons (Fsp3) is 0.467. The Morgan fingerprint density at radius 3 is 2.17 bits per heavy atom. The number of rotatable bonds is 6. The Kier molecular flexibility index (Phi) is 9.67. The number of esters is 1. The third-order valence-electron chi connectivity index (χ3n) is 2.51. The summed E-state index contributed by atoms with van der Waals surface area (Å²) >= 11 is 0. The minimum absolute atomic E-state index is 0.173. The zero-order chi connectivity index (χ0) is 18.8. The minimum Gasteiger partial charge on any atom is -0.475 e. The SMILES string of the molecule is CN(C)CC(N)CC(=O)OCc1ccccc1.O=C(O)C(F)(F)F. The first-order valence-corrected chi connectivity index (χ1v) is 6.92. The Bertz CT molecular complexity index is 507. The van der Waals surface area contributed by atoms with Crippen LogP contribution in [-0.4, -0.2) is 54.8 Å². The molecule has 1 aromatic rings. The lowest BCUT2D eigenvalue weighted by molar-refractivity contribution is -0.192. The Morgan fingerprint density at radius 2 is 1.75 bits per heavy atom.